The number of esters is 1. The van der Waals surface area contributed by atoms with Crippen LogP contribution in [0, 0.1) is 5.92 Å². The number of amides is 1. The van der Waals surface area contributed by atoms with Crippen LogP contribution in [0.25, 0.3) is 0 Å². The lowest BCUT2D eigenvalue weighted by molar-refractivity contribution is -0.160. The molecule has 0 saturated carbocycles. The van der Waals surface area contributed by atoms with Crippen molar-refractivity contribution in [3.8, 4) is 0 Å². The number of rotatable bonds is 33. The van der Waals surface area contributed by atoms with Gasteiger partial charge in [0.1, 0.15) is 0 Å². The predicted octanol–water partition coefficient (Wildman–Crippen LogP) is 8.35. The summed E-state index contributed by atoms with van der Waals surface area (Å²) < 4.78 is 23.3. The molecule has 0 aliphatic heterocycles. The molecule has 0 aromatic heterocycles. The Morgan fingerprint density at radius 1 is 0.696 bits per heavy atom. The Morgan fingerprint density at radius 2 is 1.33 bits per heavy atom. The molecule has 8 heteroatoms. The van der Waals surface area contributed by atoms with E-state index in [0.717, 1.165) is 77.2 Å². The monoisotopic (exact) mass is 653 g/mol. The van der Waals surface area contributed by atoms with Crippen LogP contribution in [0.5, 0.6) is 0 Å². The number of hydrogen-bond acceptors (Lipinski definition) is 7. The van der Waals surface area contributed by atoms with Gasteiger partial charge in [0.15, 0.2) is 6.29 Å². The van der Waals surface area contributed by atoms with E-state index in [0.29, 0.717) is 45.8 Å². The third kappa shape index (κ3) is 28.5. The van der Waals surface area contributed by atoms with Gasteiger partial charge >= 0.3 is 5.97 Å². The normalized spacial score (nSPS) is 12.6. The van der Waals surface area contributed by atoms with E-state index in [-0.39, 0.29) is 30.8 Å². The van der Waals surface area contributed by atoms with Crippen molar-refractivity contribution in [1.82, 2.24) is 9.80 Å². The van der Waals surface area contributed by atoms with Gasteiger partial charge in [-0.3, -0.25) is 9.59 Å². The molecule has 0 fully saturated rings. The number of unbranched alkanes of at least 4 members (excludes halogenated alkanes) is 8. The molecule has 0 radical (unpaired) electrons. The van der Waals surface area contributed by atoms with Crippen molar-refractivity contribution in [2.45, 2.75) is 136 Å². The molecule has 0 bridgehead atoms. The van der Waals surface area contributed by atoms with Gasteiger partial charge in [0.2, 0.25) is 5.91 Å². The summed E-state index contributed by atoms with van der Waals surface area (Å²) in [5, 5.41) is 0. The molecular formula is C38H72N2O6. The Bertz CT molecular complexity index is 733. The molecule has 46 heavy (non-hydrogen) atoms. The van der Waals surface area contributed by atoms with Gasteiger partial charge in [-0.05, 0) is 84.8 Å². The van der Waals surface area contributed by atoms with Crippen LogP contribution < -0.4 is 0 Å². The summed E-state index contributed by atoms with van der Waals surface area (Å²) in [6.07, 6.45) is 24.5. The van der Waals surface area contributed by atoms with E-state index in [4.69, 9.17) is 18.9 Å². The molecular weight excluding hydrogens is 580 g/mol. The van der Waals surface area contributed by atoms with Crippen molar-refractivity contribution >= 4 is 11.9 Å². The van der Waals surface area contributed by atoms with E-state index >= 15 is 0 Å². The summed E-state index contributed by atoms with van der Waals surface area (Å²) in [5.74, 6) is -0.166. The molecule has 0 spiro atoms. The van der Waals surface area contributed by atoms with Gasteiger partial charge in [-0.25, -0.2) is 0 Å². The van der Waals surface area contributed by atoms with E-state index in [1.54, 1.807) is 7.11 Å². The zero-order valence-corrected chi connectivity index (χ0v) is 30.8. The van der Waals surface area contributed by atoms with Gasteiger partial charge in [-0.2, -0.15) is 0 Å². The van der Waals surface area contributed by atoms with Gasteiger partial charge in [0.05, 0.1) is 19.6 Å². The van der Waals surface area contributed by atoms with Gasteiger partial charge in [-0.15, -0.1) is 0 Å². The van der Waals surface area contributed by atoms with Crippen molar-refractivity contribution in [2.24, 2.45) is 5.92 Å². The van der Waals surface area contributed by atoms with Crippen LogP contribution in [0.1, 0.15) is 130 Å². The van der Waals surface area contributed by atoms with Crippen LogP contribution in [0.4, 0.5) is 0 Å². The second-order valence-corrected chi connectivity index (χ2v) is 12.6. The van der Waals surface area contributed by atoms with Crippen LogP contribution in [0.15, 0.2) is 24.3 Å². The van der Waals surface area contributed by atoms with E-state index < -0.39 is 6.29 Å². The fourth-order valence-electron chi connectivity index (χ4n) is 5.09. The fourth-order valence-corrected chi connectivity index (χ4v) is 5.09. The van der Waals surface area contributed by atoms with Crippen molar-refractivity contribution < 1.29 is 28.5 Å². The highest BCUT2D eigenvalue weighted by Gasteiger charge is 2.21. The number of hydrogen-bond donors (Lipinski definition) is 0. The fraction of sp³-hybridized carbons (Fsp3) is 0.842. The lowest BCUT2D eigenvalue weighted by Crippen LogP contribution is -2.39. The average molecular weight is 653 g/mol. The van der Waals surface area contributed by atoms with E-state index in [1.165, 1.54) is 19.3 Å². The Kier molecular flexibility index (Phi) is 31.9. The minimum Gasteiger partial charge on any atom is -0.465 e. The molecule has 270 valence electrons. The highest BCUT2D eigenvalue weighted by atomic mass is 16.7. The van der Waals surface area contributed by atoms with Gasteiger partial charge < -0.3 is 28.7 Å². The molecule has 1 unspecified atom stereocenters. The largest absolute Gasteiger partial charge is 0.465 e. The first-order valence-electron chi connectivity index (χ1n) is 18.5. The standard InChI is InChI=1S/C38H72N2O6/c1-7-10-13-16-19-22-30-44-38(45-31-23-20-17-14-11-8-2)27-26-37(42)46-34-35(33-43-6)32-40(29-24-28-39(4)5)36(41)25-21-18-15-12-9-3/h10-11,13-14,35,38H,7-9,12,15-34H2,1-6H3/b13-10-,14-11-. The van der Waals surface area contributed by atoms with Crippen LogP contribution in [-0.4, -0.2) is 95.2 Å². The van der Waals surface area contributed by atoms with Gasteiger partial charge in [0, 0.05) is 52.2 Å². The summed E-state index contributed by atoms with van der Waals surface area (Å²) in [7, 11) is 5.75. The SMILES string of the molecule is CC/C=C\CCCCOC(CCC(=O)OCC(COC)CN(CCCN(C)C)C(=O)CCCCCCC)OCCCC/C=C\CC. The third-order valence-corrected chi connectivity index (χ3v) is 7.77. The minimum absolute atomic E-state index is 0.0795. The molecule has 1 atom stereocenters. The Labute approximate surface area is 283 Å². The third-order valence-electron chi connectivity index (χ3n) is 7.77. The maximum atomic E-state index is 13.2. The van der Waals surface area contributed by atoms with Crippen LogP contribution in [0.2, 0.25) is 0 Å². The summed E-state index contributed by atoms with van der Waals surface area (Å²) in [6.45, 7) is 10.5. The second kappa shape index (κ2) is 33.2. The van der Waals surface area contributed by atoms with Crippen molar-refractivity contribution in [3.63, 3.8) is 0 Å². The molecule has 1 amide bonds. The molecule has 0 aromatic carbocycles. The maximum absolute atomic E-state index is 13.2. The summed E-state index contributed by atoms with van der Waals surface area (Å²) in [6, 6.07) is 0. The summed E-state index contributed by atoms with van der Waals surface area (Å²) >= 11 is 0. The first-order chi connectivity index (χ1) is 22.4. The quantitative estimate of drug-likeness (QED) is 0.0305. The van der Waals surface area contributed by atoms with Crippen LogP contribution >= 0.6 is 0 Å². The van der Waals surface area contributed by atoms with E-state index in [9.17, 15) is 9.59 Å². The summed E-state index contributed by atoms with van der Waals surface area (Å²) in [4.78, 5) is 30.1. The number of nitrogens with zero attached hydrogens (tertiary/aromatic N) is 2. The molecule has 0 aromatic rings. The lowest BCUT2D eigenvalue weighted by atomic mass is 10.1. The highest BCUT2D eigenvalue weighted by Crippen LogP contribution is 2.13. The van der Waals surface area contributed by atoms with Crippen LogP contribution in [0.3, 0.4) is 0 Å². The predicted molar refractivity (Wildman–Crippen MR) is 191 cm³/mol. The number of methoxy groups -OCH3 is 1. The number of carbonyl (C=O) groups excluding carboxylic acids is 2. The maximum Gasteiger partial charge on any atom is 0.305 e. The van der Waals surface area contributed by atoms with Crippen molar-refractivity contribution in [1.29, 1.82) is 0 Å². The Balaban J connectivity index is 4.93. The number of allylic oxidation sites excluding steroid dienone is 4. The molecule has 0 rings (SSSR count). The molecule has 0 N–H and O–H groups in total. The lowest BCUT2D eigenvalue weighted by Gasteiger charge is -2.28. The molecule has 0 aliphatic rings. The molecule has 0 aliphatic carbocycles. The smallest absolute Gasteiger partial charge is 0.305 e. The number of ether oxygens (including phenoxy) is 4. The molecule has 0 heterocycles. The van der Waals surface area contributed by atoms with Crippen LogP contribution in [-0.2, 0) is 28.5 Å². The summed E-state index contributed by atoms with van der Waals surface area (Å²) in [5.41, 5.74) is 0. The van der Waals surface area contributed by atoms with E-state index in [1.807, 2.05) is 19.0 Å². The topological polar surface area (TPSA) is 77.5 Å². The van der Waals surface area contributed by atoms with Crippen molar-refractivity contribution in [3.05, 3.63) is 24.3 Å². The highest BCUT2D eigenvalue weighted by molar-refractivity contribution is 5.76. The Morgan fingerprint density at radius 3 is 1.89 bits per heavy atom. The van der Waals surface area contributed by atoms with E-state index in [2.05, 4.69) is 50.0 Å². The number of carbonyl (C=O) groups is 2. The first kappa shape index (κ1) is 44.3. The van der Waals surface area contributed by atoms with Gasteiger partial charge in [0.25, 0.3) is 0 Å². The minimum atomic E-state index is -0.415. The zero-order chi connectivity index (χ0) is 34.1. The van der Waals surface area contributed by atoms with Crippen molar-refractivity contribution in [2.75, 3.05) is 67.3 Å². The average Bonchev–Trinajstić information content (AvgIpc) is 3.03. The first-order valence-corrected chi connectivity index (χ1v) is 18.5. The molecule has 8 nitrogen and oxygen atoms in total. The molecule has 0 saturated heterocycles. The second-order valence-electron chi connectivity index (χ2n) is 12.6. The Hall–Kier alpha value is -1.74. The van der Waals surface area contributed by atoms with Gasteiger partial charge in [-0.1, -0.05) is 70.8 Å². The zero-order valence-electron chi connectivity index (χ0n) is 30.8.